The van der Waals surface area contributed by atoms with Crippen molar-refractivity contribution in [2.24, 2.45) is 0 Å². The number of halogens is 1. The number of hydrogen-bond acceptors (Lipinski definition) is 3. The molecular weight excluding hydrogens is 334 g/mol. The lowest BCUT2D eigenvalue weighted by Gasteiger charge is -2.10. The zero-order valence-corrected chi connectivity index (χ0v) is 14.1. The van der Waals surface area contributed by atoms with Crippen molar-refractivity contribution in [1.29, 1.82) is 0 Å². The Morgan fingerprint density at radius 2 is 1.90 bits per heavy atom. The molecule has 0 saturated heterocycles. The van der Waals surface area contributed by atoms with Crippen LogP contribution in [0.3, 0.4) is 0 Å². The predicted molar refractivity (Wildman–Crippen MR) is 87.6 cm³/mol. The summed E-state index contributed by atoms with van der Waals surface area (Å²) in [5.74, 6) is 0.558. The van der Waals surface area contributed by atoms with Crippen LogP contribution >= 0.6 is 27.7 Å². The van der Waals surface area contributed by atoms with Crippen LogP contribution in [0.2, 0.25) is 0 Å². The Kier molecular flexibility index (Phi) is 5.00. The fraction of sp³-hybridized carbons (Fsp3) is 0.250. The second-order valence-corrected chi connectivity index (χ2v) is 6.59. The minimum absolute atomic E-state index is 0.155. The lowest BCUT2D eigenvalue weighted by Crippen LogP contribution is -2.08. The van der Waals surface area contributed by atoms with E-state index >= 15 is 0 Å². The van der Waals surface area contributed by atoms with E-state index in [2.05, 4.69) is 33.0 Å². The fourth-order valence-electron chi connectivity index (χ4n) is 2.30. The Hall–Kier alpha value is -1.13. The number of aryl methyl sites for hydroxylation is 3. The number of rotatable bonds is 4. The van der Waals surface area contributed by atoms with Gasteiger partial charge < -0.3 is 0 Å². The normalized spacial score (nSPS) is 10.6. The van der Waals surface area contributed by atoms with E-state index in [0.717, 1.165) is 26.2 Å². The molecule has 0 amide bonds. The summed E-state index contributed by atoms with van der Waals surface area (Å²) in [6, 6.07) is 7.91. The van der Waals surface area contributed by atoms with Gasteiger partial charge in [-0.3, -0.25) is 4.79 Å². The molecule has 0 aliphatic rings. The number of Topliss-reactive ketones (excluding diaryl/α,β-unsaturated/α-hetero) is 1. The number of carbonyl (C=O) groups is 1. The van der Waals surface area contributed by atoms with Gasteiger partial charge in [-0.1, -0.05) is 29.5 Å². The topological polar surface area (TPSA) is 30.0 Å². The van der Waals surface area contributed by atoms with E-state index in [1.165, 1.54) is 17.3 Å². The van der Waals surface area contributed by atoms with Crippen LogP contribution in [0.1, 0.15) is 27.0 Å². The number of thioether (sulfide) groups is 1. The highest BCUT2D eigenvalue weighted by Crippen LogP contribution is 2.26. The number of carbonyl (C=O) groups excluding carboxylic acids is 1. The maximum absolute atomic E-state index is 12.4. The molecule has 0 fully saturated rings. The summed E-state index contributed by atoms with van der Waals surface area (Å²) in [6.07, 6.45) is 1.74. The van der Waals surface area contributed by atoms with Crippen LogP contribution in [0.15, 0.2) is 40.0 Å². The largest absolute Gasteiger partial charge is 0.293 e. The molecule has 1 aromatic carbocycles. The Labute approximate surface area is 132 Å². The maximum Gasteiger partial charge on any atom is 0.173 e. The van der Waals surface area contributed by atoms with Crippen molar-refractivity contribution in [2.75, 3.05) is 5.75 Å². The van der Waals surface area contributed by atoms with E-state index in [1.807, 2.05) is 32.9 Å². The molecule has 20 heavy (non-hydrogen) atoms. The first-order valence-electron chi connectivity index (χ1n) is 6.33. The highest BCUT2D eigenvalue weighted by Gasteiger charge is 2.14. The standard InChI is InChI=1S/C16H16BrNOS/c1-10-7-11(2)15(12(3)8-10)14(19)9-20-16-13(17)5-4-6-18-16/h4-8H,9H2,1-3H3. The first-order valence-corrected chi connectivity index (χ1v) is 8.11. The summed E-state index contributed by atoms with van der Waals surface area (Å²) in [6.45, 7) is 6.04. The monoisotopic (exact) mass is 349 g/mol. The molecule has 4 heteroatoms. The molecule has 0 aliphatic heterocycles. The third-order valence-corrected chi connectivity index (χ3v) is 4.93. The Balaban J connectivity index is 2.16. The van der Waals surface area contributed by atoms with Gasteiger partial charge in [-0.2, -0.15) is 0 Å². The first kappa shape index (κ1) is 15.3. The van der Waals surface area contributed by atoms with Crippen molar-refractivity contribution in [1.82, 2.24) is 4.98 Å². The summed E-state index contributed by atoms with van der Waals surface area (Å²) in [7, 11) is 0. The number of nitrogens with zero attached hydrogens (tertiary/aromatic N) is 1. The third-order valence-electron chi connectivity index (χ3n) is 3.02. The molecule has 104 valence electrons. The molecule has 2 nitrogen and oxygen atoms in total. The molecular formula is C16H16BrNOS. The van der Waals surface area contributed by atoms with Gasteiger partial charge in [0.2, 0.25) is 0 Å². The number of benzene rings is 1. The smallest absolute Gasteiger partial charge is 0.173 e. The molecule has 1 heterocycles. The lowest BCUT2D eigenvalue weighted by molar-refractivity contribution is 0.102. The highest BCUT2D eigenvalue weighted by molar-refractivity contribution is 9.10. The second kappa shape index (κ2) is 6.55. The van der Waals surface area contributed by atoms with Gasteiger partial charge in [0.25, 0.3) is 0 Å². The lowest BCUT2D eigenvalue weighted by atomic mass is 9.97. The van der Waals surface area contributed by atoms with Crippen LogP contribution in [-0.2, 0) is 0 Å². The fourth-order valence-corrected chi connectivity index (χ4v) is 3.66. The van der Waals surface area contributed by atoms with E-state index in [1.54, 1.807) is 6.20 Å². The number of pyridine rings is 1. The minimum Gasteiger partial charge on any atom is -0.293 e. The summed E-state index contributed by atoms with van der Waals surface area (Å²) < 4.78 is 0.926. The van der Waals surface area contributed by atoms with E-state index < -0.39 is 0 Å². The summed E-state index contributed by atoms with van der Waals surface area (Å²) in [5.41, 5.74) is 4.13. The molecule has 0 saturated carbocycles. The van der Waals surface area contributed by atoms with Gasteiger partial charge in [0.1, 0.15) is 5.03 Å². The van der Waals surface area contributed by atoms with Gasteiger partial charge in [-0.15, -0.1) is 0 Å². The molecule has 0 N–H and O–H groups in total. The van der Waals surface area contributed by atoms with Crippen LogP contribution < -0.4 is 0 Å². The summed E-state index contributed by atoms with van der Waals surface area (Å²) in [5, 5.41) is 0.850. The summed E-state index contributed by atoms with van der Waals surface area (Å²) in [4.78, 5) is 16.7. The van der Waals surface area contributed by atoms with Crippen molar-refractivity contribution >= 4 is 33.5 Å². The van der Waals surface area contributed by atoms with Crippen molar-refractivity contribution in [3.05, 3.63) is 57.2 Å². The minimum atomic E-state index is 0.155. The number of hydrogen-bond donors (Lipinski definition) is 0. The van der Waals surface area contributed by atoms with Crippen LogP contribution in [-0.4, -0.2) is 16.5 Å². The van der Waals surface area contributed by atoms with Crippen LogP contribution in [0.25, 0.3) is 0 Å². The van der Waals surface area contributed by atoms with E-state index in [0.29, 0.717) is 5.75 Å². The van der Waals surface area contributed by atoms with E-state index in [9.17, 15) is 4.79 Å². The predicted octanol–water partition coefficient (Wildman–Crippen LogP) is 4.74. The maximum atomic E-state index is 12.4. The van der Waals surface area contributed by atoms with Gasteiger partial charge in [0.15, 0.2) is 5.78 Å². The molecule has 2 rings (SSSR count). The van der Waals surface area contributed by atoms with Gasteiger partial charge in [0, 0.05) is 16.2 Å². The molecule has 2 aromatic rings. The van der Waals surface area contributed by atoms with Crippen LogP contribution in [0, 0.1) is 20.8 Å². The quantitative estimate of drug-likeness (QED) is 0.589. The molecule has 0 atom stereocenters. The number of aromatic nitrogens is 1. The van der Waals surface area contributed by atoms with Gasteiger partial charge in [0.05, 0.1) is 5.75 Å². The van der Waals surface area contributed by atoms with Crippen LogP contribution in [0.4, 0.5) is 0 Å². The van der Waals surface area contributed by atoms with Gasteiger partial charge in [-0.05, 0) is 60.0 Å². The van der Waals surface area contributed by atoms with E-state index in [4.69, 9.17) is 0 Å². The highest BCUT2D eigenvalue weighted by atomic mass is 79.9. The second-order valence-electron chi connectivity index (χ2n) is 4.78. The third kappa shape index (κ3) is 3.49. The Bertz CT molecular complexity index is 632. The molecule has 1 aromatic heterocycles. The molecule has 0 spiro atoms. The summed E-state index contributed by atoms with van der Waals surface area (Å²) >= 11 is 4.91. The van der Waals surface area contributed by atoms with Crippen molar-refractivity contribution < 1.29 is 4.79 Å². The average molecular weight is 350 g/mol. The van der Waals surface area contributed by atoms with Gasteiger partial charge >= 0.3 is 0 Å². The van der Waals surface area contributed by atoms with Crippen LogP contribution in [0.5, 0.6) is 0 Å². The van der Waals surface area contributed by atoms with Gasteiger partial charge in [-0.25, -0.2) is 4.98 Å². The molecule has 0 aliphatic carbocycles. The Morgan fingerprint density at radius 1 is 1.25 bits per heavy atom. The van der Waals surface area contributed by atoms with Crippen molar-refractivity contribution in [3.8, 4) is 0 Å². The zero-order chi connectivity index (χ0) is 14.7. The van der Waals surface area contributed by atoms with Crippen molar-refractivity contribution in [3.63, 3.8) is 0 Å². The molecule has 0 radical (unpaired) electrons. The molecule has 0 unspecified atom stereocenters. The Morgan fingerprint density at radius 3 is 2.50 bits per heavy atom. The van der Waals surface area contributed by atoms with Crippen molar-refractivity contribution in [2.45, 2.75) is 25.8 Å². The number of ketones is 1. The van der Waals surface area contributed by atoms with E-state index in [-0.39, 0.29) is 5.78 Å². The molecule has 0 bridgehead atoms. The zero-order valence-electron chi connectivity index (χ0n) is 11.7. The SMILES string of the molecule is Cc1cc(C)c(C(=O)CSc2ncccc2Br)c(C)c1. The average Bonchev–Trinajstić information content (AvgIpc) is 2.36. The first-order chi connectivity index (χ1) is 9.49.